The van der Waals surface area contributed by atoms with Crippen LogP contribution in [0.5, 0.6) is 0 Å². The molecule has 0 aromatic heterocycles. The second-order valence-electron chi connectivity index (χ2n) is 9.62. The second-order valence-corrected chi connectivity index (χ2v) is 9.62. The van der Waals surface area contributed by atoms with Crippen molar-refractivity contribution < 1.29 is 24.0 Å². The van der Waals surface area contributed by atoms with Crippen LogP contribution < -0.4 is 10.8 Å². The summed E-state index contributed by atoms with van der Waals surface area (Å²) in [5.74, 6) is -0.385. The van der Waals surface area contributed by atoms with Crippen molar-refractivity contribution in [1.82, 2.24) is 5.48 Å². The van der Waals surface area contributed by atoms with Crippen molar-refractivity contribution in [2.45, 2.75) is 97.0 Å². The Bertz CT molecular complexity index is 931. The SMILES string of the molecule is CCCCCCCCOC(=O)Cc1ccc(NC(=O)CCCCCCC(=O)NOCc2ccccc2)cc1. The standard InChI is InChI=1S/C31H44N2O5/c1-2-3-4-5-8-14-23-37-31(36)24-26-19-21-28(22-20-26)32-29(34)17-12-6-7-13-18-30(35)33-38-25-27-15-10-9-11-16-27/h9-11,15-16,19-22H,2-8,12-14,17-18,23-25H2,1H3,(H,32,34)(H,33,35). The van der Waals surface area contributed by atoms with Crippen molar-refractivity contribution in [3.63, 3.8) is 0 Å². The van der Waals surface area contributed by atoms with Gasteiger partial charge in [-0.15, -0.1) is 0 Å². The molecule has 0 atom stereocenters. The van der Waals surface area contributed by atoms with Crippen LogP contribution in [0.3, 0.4) is 0 Å². The summed E-state index contributed by atoms with van der Waals surface area (Å²) in [5, 5.41) is 2.90. The van der Waals surface area contributed by atoms with Crippen LogP contribution in [0.1, 0.15) is 95.1 Å². The van der Waals surface area contributed by atoms with Gasteiger partial charge in [-0.25, -0.2) is 5.48 Å². The molecule has 2 N–H and O–H groups in total. The van der Waals surface area contributed by atoms with E-state index in [4.69, 9.17) is 9.57 Å². The third-order valence-corrected chi connectivity index (χ3v) is 6.17. The summed E-state index contributed by atoms with van der Waals surface area (Å²) in [7, 11) is 0. The van der Waals surface area contributed by atoms with Gasteiger partial charge in [0, 0.05) is 18.5 Å². The summed E-state index contributed by atoms with van der Waals surface area (Å²) in [5.41, 5.74) is 5.05. The molecule has 0 spiro atoms. The first-order valence-electron chi connectivity index (χ1n) is 14.1. The Labute approximate surface area is 227 Å². The number of hydrogen-bond donors (Lipinski definition) is 2. The average molecular weight is 525 g/mol. The molecular formula is C31H44N2O5. The zero-order valence-electron chi connectivity index (χ0n) is 22.8. The lowest BCUT2D eigenvalue weighted by Crippen LogP contribution is -2.23. The number of amides is 2. The van der Waals surface area contributed by atoms with Crippen molar-refractivity contribution in [1.29, 1.82) is 0 Å². The van der Waals surface area contributed by atoms with E-state index in [9.17, 15) is 14.4 Å². The van der Waals surface area contributed by atoms with Crippen molar-refractivity contribution in [2.75, 3.05) is 11.9 Å². The van der Waals surface area contributed by atoms with E-state index < -0.39 is 0 Å². The Morgan fingerprint density at radius 3 is 2.03 bits per heavy atom. The number of carbonyl (C=O) groups excluding carboxylic acids is 3. The van der Waals surface area contributed by atoms with E-state index in [1.165, 1.54) is 25.7 Å². The summed E-state index contributed by atoms with van der Waals surface area (Å²) in [6, 6.07) is 17.0. The van der Waals surface area contributed by atoms with Gasteiger partial charge in [0.25, 0.3) is 0 Å². The van der Waals surface area contributed by atoms with Crippen molar-refractivity contribution in [2.24, 2.45) is 0 Å². The van der Waals surface area contributed by atoms with Gasteiger partial charge in [-0.05, 0) is 42.5 Å². The summed E-state index contributed by atoms with van der Waals surface area (Å²) >= 11 is 0. The molecule has 7 nitrogen and oxygen atoms in total. The molecule has 2 amide bonds. The molecule has 2 rings (SSSR count). The van der Waals surface area contributed by atoms with Gasteiger partial charge < -0.3 is 10.1 Å². The van der Waals surface area contributed by atoms with Crippen LogP contribution in [0.15, 0.2) is 54.6 Å². The Kier molecular flexibility index (Phi) is 16.2. The fraction of sp³-hybridized carbons (Fsp3) is 0.516. The molecule has 0 unspecified atom stereocenters. The number of unbranched alkanes of at least 4 members (excludes halogenated alkanes) is 8. The van der Waals surface area contributed by atoms with E-state index in [-0.39, 0.29) is 24.2 Å². The zero-order valence-corrected chi connectivity index (χ0v) is 22.8. The number of hydroxylamine groups is 1. The smallest absolute Gasteiger partial charge is 0.310 e. The number of anilines is 1. The Morgan fingerprint density at radius 2 is 1.32 bits per heavy atom. The number of benzene rings is 2. The number of esters is 1. The van der Waals surface area contributed by atoms with Crippen LogP contribution in [-0.4, -0.2) is 24.4 Å². The third kappa shape index (κ3) is 15.2. The summed E-state index contributed by atoms with van der Waals surface area (Å²) < 4.78 is 5.33. The molecule has 0 aliphatic carbocycles. The zero-order chi connectivity index (χ0) is 27.3. The molecule has 2 aromatic rings. The molecule has 0 aliphatic rings. The topological polar surface area (TPSA) is 93.7 Å². The van der Waals surface area contributed by atoms with Crippen LogP contribution in [0.25, 0.3) is 0 Å². The quantitative estimate of drug-likeness (QED) is 0.115. The predicted octanol–water partition coefficient (Wildman–Crippen LogP) is 6.66. The van der Waals surface area contributed by atoms with Crippen LogP contribution in [-0.2, 0) is 37.0 Å². The molecule has 2 aromatic carbocycles. The molecule has 0 saturated heterocycles. The number of nitrogens with one attached hydrogen (secondary N) is 2. The number of hydrogen-bond acceptors (Lipinski definition) is 5. The molecule has 0 saturated carbocycles. The van der Waals surface area contributed by atoms with Gasteiger partial charge in [0.15, 0.2) is 0 Å². The lowest BCUT2D eigenvalue weighted by atomic mass is 10.1. The van der Waals surface area contributed by atoms with Gasteiger partial charge in [-0.3, -0.25) is 19.2 Å². The molecule has 0 fully saturated rings. The first kappa shape index (κ1) is 31.0. The second kappa shape index (κ2) is 19.9. The Morgan fingerprint density at radius 1 is 0.684 bits per heavy atom. The van der Waals surface area contributed by atoms with Gasteiger partial charge in [-0.2, -0.15) is 0 Å². The highest BCUT2D eigenvalue weighted by Crippen LogP contribution is 2.13. The van der Waals surface area contributed by atoms with E-state index in [1.54, 1.807) is 0 Å². The Balaban J connectivity index is 1.47. The molecular weight excluding hydrogens is 480 g/mol. The first-order valence-corrected chi connectivity index (χ1v) is 14.1. The number of ether oxygens (including phenoxy) is 1. The minimum atomic E-state index is -0.215. The van der Waals surface area contributed by atoms with E-state index in [0.29, 0.717) is 31.7 Å². The number of carbonyl (C=O) groups is 3. The van der Waals surface area contributed by atoms with Crippen molar-refractivity contribution in [3.05, 3.63) is 65.7 Å². The maximum absolute atomic E-state index is 12.2. The van der Waals surface area contributed by atoms with Crippen molar-refractivity contribution >= 4 is 23.5 Å². The lowest BCUT2D eigenvalue weighted by Gasteiger charge is -2.08. The molecule has 208 valence electrons. The maximum Gasteiger partial charge on any atom is 0.310 e. The largest absolute Gasteiger partial charge is 0.465 e. The first-order chi connectivity index (χ1) is 18.6. The minimum Gasteiger partial charge on any atom is -0.465 e. The summed E-state index contributed by atoms with van der Waals surface area (Å²) in [4.78, 5) is 41.3. The van der Waals surface area contributed by atoms with Crippen LogP contribution in [0.2, 0.25) is 0 Å². The molecule has 0 aliphatic heterocycles. The monoisotopic (exact) mass is 524 g/mol. The minimum absolute atomic E-state index is 0.0387. The third-order valence-electron chi connectivity index (χ3n) is 6.17. The van der Waals surface area contributed by atoms with Crippen LogP contribution in [0.4, 0.5) is 5.69 Å². The summed E-state index contributed by atoms with van der Waals surface area (Å²) in [6.45, 7) is 3.02. The van der Waals surface area contributed by atoms with Gasteiger partial charge in [0.1, 0.15) is 0 Å². The highest BCUT2D eigenvalue weighted by molar-refractivity contribution is 5.90. The van der Waals surface area contributed by atoms with E-state index in [1.807, 2.05) is 54.6 Å². The molecule has 7 heteroatoms. The highest BCUT2D eigenvalue weighted by Gasteiger charge is 2.07. The molecule has 38 heavy (non-hydrogen) atoms. The van der Waals surface area contributed by atoms with Crippen molar-refractivity contribution in [3.8, 4) is 0 Å². The number of rotatable bonds is 20. The fourth-order valence-corrected chi connectivity index (χ4v) is 3.97. The average Bonchev–Trinajstić information content (AvgIpc) is 2.92. The van der Waals surface area contributed by atoms with Gasteiger partial charge in [-0.1, -0.05) is 94.3 Å². The van der Waals surface area contributed by atoms with Gasteiger partial charge in [0.05, 0.1) is 19.6 Å². The van der Waals surface area contributed by atoms with E-state index >= 15 is 0 Å². The normalized spacial score (nSPS) is 10.7. The highest BCUT2D eigenvalue weighted by atomic mass is 16.6. The van der Waals surface area contributed by atoms with Crippen LogP contribution in [0, 0.1) is 0 Å². The molecule has 0 radical (unpaired) electrons. The Hall–Kier alpha value is -3.19. The molecule has 0 bridgehead atoms. The van der Waals surface area contributed by atoms with E-state index in [0.717, 1.165) is 49.7 Å². The summed E-state index contributed by atoms with van der Waals surface area (Å²) in [6.07, 6.45) is 11.3. The predicted molar refractivity (Wildman–Crippen MR) is 150 cm³/mol. The van der Waals surface area contributed by atoms with E-state index in [2.05, 4.69) is 17.7 Å². The maximum atomic E-state index is 12.2. The molecule has 0 heterocycles. The fourth-order valence-electron chi connectivity index (χ4n) is 3.97. The van der Waals surface area contributed by atoms with Gasteiger partial charge >= 0.3 is 5.97 Å². The lowest BCUT2D eigenvalue weighted by molar-refractivity contribution is -0.143. The van der Waals surface area contributed by atoms with Crippen LogP contribution >= 0.6 is 0 Å². The van der Waals surface area contributed by atoms with Gasteiger partial charge in [0.2, 0.25) is 11.8 Å².